The van der Waals surface area contributed by atoms with Crippen LogP contribution in [0.15, 0.2) is 47.8 Å². The number of ether oxygens (including phenoxy) is 1. The summed E-state index contributed by atoms with van der Waals surface area (Å²) in [6, 6.07) is 14.3. The molecule has 2 aromatic rings. The number of hydrogen-bond donors (Lipinski definition) is 1. The molecule has 1 aromatic heterocycles. The molecule has 0 aliphatic carbocycles. The first kappa shape index (κ1) is 12.3. The SMILES string of the molecule is CC(N)C(OCc1ccccc1)c1cccs1. The maximum Gasteiger partial charge on any atom is 0.107 e. The van der Waals surface area contributed by atoms with E-state index < -0.39 is 0 Å². The van der Waals surface area contributed by atoms with Crippen molar-refractivity contribution in [2.24, 2.45) is 5.73 Å². The van der Waals surface area contributed by atoms with Gasteiger partial charge in [0, 0.05) is 10.9 Å². The predicted octanol–water partition coefficient (Wildman–Crippen LogP) is 3.35. The molecule has 2 nitrogen and oxygen atoms in total. The minimum atomic E-state index is -0.0183. The Morgan fingerprint density at radius 2 is 1.94 bits per heavy atom. The Morgan fingerprint density at radius 3 is 2.53 bits per heavy atom. The van der Waals surface area contributed by atoms with Crippen molar-refractivity contribution in [2.75, 3.05) is 0 Å². The van der Waals surface area contributed by atoms with Crippen molar-refractivity contribution >= 4 is 11.3 Å². The summed E-state index contributed by atoms with van der Waals surface area (Å²) in [5, 5.41) is 2.05. The van der Waals surface area contributed by atoms with Crippen LogP contribution in [0.5, 0.6) is 0 Å². The molecule has 2 N–H and O–H groups in total. The van der Waals surface area contributed by atoms with Crippen LogP contribution in [0.1, 0.15) is 23.5 Å². The molecule has 0 saturated heterocycles. The van der Waals surface area contributed by atoms with Gasteiger partial charge in [-0.25, -0.2) is 0 Å². The Morgan fingerprint density at radius 1 is 1.18 bits per heavy atom. The van der Waals surface area contributed by atoms with Crippen LogP contribution in [0.4, 0.5) is 0 Å². The van der Waals surface area contributed by atoms with Crippen LogP contribution in [-0.2, 0) is 11.3 Å². The van der Waals surface area contributed by atoms with Gasteiger partial charge in [0.15, 0.2) is 0 Å². The summed E-state index contributed by atoms with van der Waals surface area (Å²) in [5.41, 5.74) is 7.15. The largest absolute Gasteiger partial charge is 0.366 e. The fourth-order valence-corrected chi connectivity index (χ4v) is 2.59. The first-order valence-corrected chi connectivity index (χ1v) is 6.60. The summed E-state index contributed by atoms with van der Waals surface area (Å²) >= 11 is 1.69. The van der Waals surface area contributed by atoms with Crippen LogP contribution in [0.2, 0.25) is 0 Å². The van der Waals surface area contributed by atoms with Gasteiger partial charge in [-0.1, -0.05) is 36.4 Å². The van der Waals surface area contributed by atoms with E-state index in [4.69, 9.17) is 10.5 Å². The number of thiophene rings is 1. The average molecular weight is 247 g/mol. The molecule has 0 saturated carbocycles. The molecule has 0 spiro atoms. The molecule has 0 fully saturated rings. The van der Waals surface area contributed by atoms with E-state index in [1.54, 1.807) is 11.3 Å². The third-order valence-electron chi connectivity index (χ3n) is 2.57. The van der Waals surface area contributed by atoms with E-state index in [1.807, 2.05) is 31.2 Å². The maximum absolute atomic E-state index is 5.97. The van der Waals surface area contributed by atoms with Crippen molar-refractivity contribution in [1.29, 1.82) is 0 Å². The highest BCUT2D eigenvalue weighted by Gasteiger charge is 2.17. The Bertz CT molecular complexity index is 425. The van der Waals surface area contributed by atoms with Crippen molar-refractivity contribution in [3.05, 3.63) is 58.3 Å². The molecule has 3 heteroatoms. The van der Waals surface area contributed by atoms with Crippen LogP contribution in [0.25, 0.3) is 0 Å². The molecule has 2 atom stereocenters. The van der Waals surface area contributed by atoms with Crippen LogP contribution >= 0.6 is 11.3 Å². The highest BCUT2D eigenvalue weighted by molar-refractivity contribution is 7.10. The lowest BCUT2D eigenvalue weighted by atomic mass is 10.1. The van der Waals surface area contributed by atoms with Crippen LogP contribution in [0, 0.1) is 0 Å². The van der Waals surface area contributed by atoms with Crippen molar-refractivity contribution in [1.82, 2.24) is 0 Å². The Hall–Kier alpha value is -1.16. The smallest absolute Gasteiger partial charge is 0.107 e. The molecule has 1 heterocycles. The van der Waals surface area contributed by atoms with Gasteiger partial charge in [-0.2, -0.15) is 0 Å². The molecule has 0 aliphatic heterocycles. The van der Waals surface area contributed by atoms with Crippen molar-refractivity contribution < 1.29 is 4.74 Å². The van der Waals surface area contributed by atoms with E-state index >= 15 is 0 Å². The minimum absolute atomic E-state index is 0.00244. The summed E-state index contributed by atoms with van der Waals surface area (Å²) < 4.78 is 5.92. The number of rotatable bonds is 5. The summed E-state index contributed by atoms with van der Waals surface area (Å²) in [7, 11) is 0. The monoisotopic (exact) mass is 247 g/mol. The van der Waals surface area contributed by atoms with Gasteiger partial charge in [-0.3, -0.25) is 0 Å². The van der Waals surface area contributed by atoms with Gasteiger partial charge >= 0.3 is 0 Å². The number of benzene rings is 1. The van der Waals surface area contributed by atoms with Crippen LogP contribution in [-0.4, -0.2) is 6.04 Å². The predicted molar refractivity (Wildman–Crippen MR) is 71.9 cm³/mol. The van der Waals surface area contributed by atoms with E-state index in [0.717, 1.165) is 0 Å². The van der Waals surface area contributed by atoms with Gasteiger partial charge < -0.3 is 10.5 Å². The van der Waals surface area contributed by atoms with E-state index in [2.05, 4.69) is 23.6 Å². The average Bonchev–Trinajstić information content (AvgIpc) is 2.84. The van der Waals surface area contributed by atoms with Crippen molar-refractivity contribution in [2.45, 2.75) is 25.7 Å². The highest BCUT2D eigenvalue weighted by Crippen LogP contribution is 2.25. The number of nitrogens with two attached hydrogens (primary N) is 1. The zero-order chi connectivity index (χ0) is 12.1. The molecular weight excluding hydrogens is 230 g/mol. The van der Waals surface area contributed by atoms with Crippen molar-refractivity contribution in [3.8, 4) is 0 Å². The molecule has 0 amide bonds. The van der Waals surface area contributed by atoms with E-state index in [-0.39, 0.29) is 12.1 Å². The summed E-state index contributed by atoms with van der Waals surface area (Å²) in [6.45, 7) is 2.58. The van der Waals surface area contributed by atoms with Crippen LogP contribution < -0.4 is 5.73 Å². The Labute approximate surface area is 106 Å². The topological polar surface area (TPSA) is 35.2 Å². The Balaban J connectivity index is 2.00. The minimum Gasteiger partial charge on any atom is -0.366 e. The summed E-state index contributed by atoms with van der Waals surface area (Å²) in [5.74, 6) is 0. The normalized spacial score (nSPS) is 14.5. The van der Waals surface area contributed by atoms with E-state index in [0.29, 0.717) is 6.61 Å². The lowest BCUT2D eigenvalue weighted by Crippen LogP contribution is -2.26. The molecule has 0 aliphatic rings. The number of hydrogen-bond acceptors (Lipinski definition) is 3. The first-order valence-electron chi connectivity index (χ1n) is 5.72. The maximum atomic E-state index is 5.97. The van der Waals surface area contributed by atoms with Gasteiger partial charge in [0.1, 0.15) is 6.10 Å². The molecule has 1 aromatic carbocycles. The lowest BCUT2D eigenvalue weighted by molar-refractivity contribution is 0.0282. The molecule has 2 rings (SSSR count). The quantitative estimate of drug-likeness (QED) is 0.879. The van der Waals surface area contributed by atoms with Gasteiger partial charge in [0.2, 0.25) is 0 Å². The second-order valence-corrected chi connectivity index (χ2v) is 5.07. The van der Waals surface area contributed by atoms with Crippen molar-refractivity contribution in [3.63, 3.8) is 0 Å². The van der Waals surface area contributed by atoms with E-state index in [1.165, 1.54) is 10.4 Å². The van der Waals surface area contributed by atoms with E-state index in [9.17, 15) is 0 Å². The summed E-state index contributed by atoms with van der Waals surface area (Å²) in [4.78, 5) is 1.19. The lowest BCUT2D eigenvalue weighted by Gasteiger charge is -2.20. The standard InChI is InChI=1S/C14H17NOS/c1-11(15)14(13-8-5-9-17-13)16-10-12-6-3-2-4-7-12/h2-9,11,14H,10,15H2,1H3. The third-order valence-corrected chi connectivity index (χ3v) is 3.51. The van der Waals surface area contributed by atoms with Gasteiger partial charge in [0.05, 0.1) is 6.61 Å². The fraction of sp³-hybridized carbons (Fsp3) is 0.286. The second kappa shape index (κ2) is 5.96. The zero-order valence-electron chi connectivity index (χ0n) is 9.87. The van der Waals surface area contributed by atoms with Gasteiger partial charge in [0.25, 0.3) is 0 Å². The fourth-order valence-electron chi connectivity index (χ4n) is 1.71. The molecule has 0 radical (unpaired) electrons. The van der Waals surface area contributed by atoms with Gasteiger partial charge in [-0.05, 0) is 23.9 Å². The zero-order valence-corrected chi connectivity index (χ0v) is 10.7. The first-order chi connectivity index (χ1) is 8.27. The molecule has 17 heavy (non-hydrogen) atoms. The summed E-state index contributed by atoms with van der Waals surface area (Å²) in [6.07, 6.45) is -0.0183. The highest BCUT2D eigenvalue weighted by atomic mass is 32.1. The Kier molecular flexibility index (Phi) is 4.31. The second-order valence-electron chi connectivity index (χ2n) is 4.09. The van der Waals surface area contributed by atoms with Crippen LogP contribution in [0.3, 0.4) is 0 Å². The molecule has 0 bridgehead atoms. The molecular formula is C14H17NOS. The molecule has 2 unspecified atom stereocenters. The third kappa shape index (κ3) is 3.40. The van der Waals surface area contributed by atoms with Gasteiger partial charge in [-0.15, -0.1) is 11.3 Å². The molecule has 90 valence electrons.